The van der Waals surface area contributed by atoms with Crippen LogP contribution in [0.25, 0.3) is 0 Å². The van der Waals surface area contributed by atoms with Crippen molar-refractivity contribution in [1.82, 2.24) is 4.90 Å². The zero-order chi connectivity index (χ0) is 17.2. The first-order valence-electron chi connectivity index (χ1n) is 8.04. The van der Waals surface area contributed by atoms with Crippen molar-refractivity contribution in [3.05, 3.63) is 64.1 Å². The van der Waals surface area contributed by atoms with Gasteiger partial charge in [-0.25, -0.2) is 0 Å². The molecule has 0 bridgehead atoms. The zero-order valence-electron chi connectivity index (χ0n) is 13.6. The lowest BCUT2D eigenvalue weighted by Crippen LogP contribution is -2.64. The minimum Gasteiger partial charge on any atom is -0.324 e. The summed E-state index contributed by atoms with van der Waals surface area (Å²) in [4.78, 5) is 14.9. The Morgan fingerprint density at radius 3 is 2.54 bits per heavy atom. The number of hydrogen-bond donors (Lipinski definition) is 1. The van der Waals surface area contributed by atoms with Crippen LogP contribution in [0.5, 0.6) is 0 Å². The molecule has 1 heterocycles. The van der Waals surface area contributed by atoms with Gasteiger partial charge in [0.25, 0.3) is 0 Å². The monoisotopic (exact) mass is 362 g/mol. The number of carbonyl (C=O) groups is 1. The van der Waals surface area contributed by atoms with E-state index < -0.39 is 5.54 Å². The van der Waals surface area contributed by atoms with Gasteiger partial charge in [-0.3, -0.25) is 9.69 Å². The lowest BCUT2D eigenvalue weighted by atomic mass is 9.85. The number of halogens is 2. The summed E-state index contributed by atoms with van der Waals surface area (Å²) in [5.74, 6) is 0.000186. The van der Waals surface area contributed by atoms with Gasteiger partial charge in [0.15, 0.2) is 0 Å². The molecule has 0 saturated carbocycles. The quantitative estimate of drug-likeness (QED) is 0.840. The smallest absolute Gasteiger partial charge is 0.244 e. The molecule has 1 saturated heterocycles. The van der Waals surface area contributed by atoms with Gasteiger partial charge >= 0.3 is 0 Å². The van der Waals surface area contributed by atoms with Gasteiger partial charge in [-0.15, -0.1) is 0 Å². The summed E-state index contributed by atoms with van der Waals surface area (Å²) < 4.78 is 0. The van der Waals surface area contributed by atoms with Gasteiger partial charge in [0.05, 0.1) is 15.6 Å². The Morgan fingerprint density at radius 2 is 1.92 bits per heavy atom. The second-order valence-corrected chi connectivity index (χ2v) is 7.14. The van der Waals surface area contributed by atoms with Crippen molar-refractivity contribution >= 4 is 34.8 Å². The zero-order valence-corrected chi connectivity index (χ0v) is 15.1. The Labute approximate surface area is 152 Å². The Balaban J connectivity index is 1.61. The van der Waals surface area contributed by atoms with E-state index in [-0.39, 0.29) is 5.91 Å². The van der Waals surface area contributed by atoms with E-state index in [0.717, 1.165) is 25.9 Å². The third-order valence-corrected chi connectivity index (χ3v) is 5.49. The van der Waals surface area contributed by atoms with Crippen molar-refractivity contribution in [2.75, 3.05) is 18.4 Å². The first-order chi connectivity index (χ1) is 11.5. The normalized spacial score (nSPS) is 20.5. The minimum absolute atomic E-state index is 0.000186. The molecule has 1 fully saturated rings. The maximum Gasteiger partial charge on any atom is 0.244 e. The SMILES string of the molecule is CC1(C(=O)Nc2ccc(Cl)c(Cl)c2)CCN1CCc1ccccc1. The van der Waals surface area contributed by atoms with E-state index >= 15 is 0 Å². The van der Waals surface area contributed by atoms with Crippen LogP contribution in [-0.4, -0.2) is 29.4 Å². The van der Waals surface area contributed by atoms with Crippen LogP contribution >= 0.6 is 23.2 Å². The Morgan fingerprint density at radius 1 is 1.17 bits per heavy atom. The fourth-order valence-corrected chi connectivity index (χ4v) is 3.27. The van der Waals surface area contributed by atoms with Gasteiger partial charge in [-0.2, -0.15) is 0 Å². The number of benzene rings is 2. The number of anilines is 1. The van der Waals surface area contributed by atoms with E-state index in [4.69, 9.17) is 23.2 Å². The van der Waals surface area contributed by atoms with Crippen molar-refractivity contribution in [2.45, 2.75) is 25.3 Å². The molecule has 1 aliphatic rings. The topological polar surface area (TPSA) is 32.3 Å². The fourth-order valence-electron chi connectivity index (χ4n) is 2.97. The molecule has 0 aliphatic carbocycles. The summed E-state index contributed by atoms with van der Waals surface area (Å²) >= 11 is 11.9. The molecular weight excluding hydrogens is 343 g/mol. The Hall–Kier alpha value is -1.55. The maximum atomic E-state index is 12.7. The highest BCUT2D eigenvalue weighted by Gasteiger charge is 2.46. The lowest BCUT2D eigenvalue weighted by Gasteiger charge is -2.49. The van der Waals surface area contributed by atoms with E-state index in [9.17, 15) is 4.79 Å². The number of nitrogens with one attached hydrogen (secondary N) is 1. The first kappa shape index (κ1) is 17.3. The molecule has 1 aliphatic heterocycles. The lowest BCUT2D eigenvalue weighted by molar-refractivity contribution is -0.135. The first-order valence-corrected chi connectivity index (χ1v) is 8.80. The average Bonchev–Trinajstić information content (AvgIpc) is 2.57. The molecule has 126 valence electrons. The van der Waals surface area contributed by atoms with Gasteiger partial charge in [0.1, 0.15) is 0 Å². The maximum absolute atomic E-state index is 12.7. The van der Waals surface area contributed by atoms with E-state index in [1.165, 1.54) is 5.56 Å². The summed E-state index contributed by atoms with van der Waals surface area (Å²) in [5, 5.41) is 3.88. The third-order valence-electron chi connectivity index (χ3n) is 4.75. The summed E-state index contributed by atoms with van der Waals surface area (Å²) in [6.07, 6.45) is 1.80. The van der Waals surface area contributed by atoms with Crippen LogP contribution in [-0.2, 0) is 11.2 Å². The Kier molecular flexibility index (Phi) is 5.14. The predicted octanol–water partition coefficient (Wildman–Crippen LogP) is 4.64. The standard InChI is InChI=1S/C19H20Cl2N2O/c1-19(18(24)22-15-7-8-16(20)17(21)13-15)10-12-23(19)11-9-14-5-3-2-4-6-14/h2-8,13H,9-12H2,1H3,(H,22,24). The molecule has 3 rings (SSSR count). The summed E-state index contributed by atoms with van der Waals surface area (Å²) in [7, 11) is 0. The number of carbonyl (C=O) groups excluding carboxylic acids is 1. The molecule has 24 heavy (non-hydrogen) atoms. The molecule has 1 N–H and O–H groups in total. The van der Waals surface area contributed by atoms with Crippen molar-refractivity contribution in [2.24, 2.45) is 0 Å². The van der Waals surface area contributed by atoms with Crippen molar-refractivity contribution < 1.29 is 4.79 Å². The van der Waals surface area contributed by atoms with E-state index in [1.807, 2.05) is 25.1 Å². The molecule has 0 radical (unpaired) electrons. The summed E-state index contributed by atoms with van der Waals surface area (Å²) in [5.41, 5.74) is 1.49. The molecule has 0 spiro atoms. The highest BCUT2D eigenvalue weighted by Crippen LogP contribution is 2.32. The van der Waals surface area contributed by atoms with Gasteiger partial charge < -0.3 is 5.32 Å². The highest BCUT2D eigenvalue weighted by molar-refractivity contribution is 6.42. The highest BCUT2D eigenvalue weighted by atomic mass is 35.5. The van der Waals surface area contributed by atoms with Crippen LogP contribution in [0.15, 0.2) is 48.5 Å². The van der Waals surface area contributed by atoms with Gasteiger partial charge in [0.2, 0.25) is 5.91 Å². The molecular formula is C19H20Cl2N2O. The van der Waals surface area contributed by atoms with Crippen molar-refractivity contribution in [1.29, 1.82) is 0 Å². The summed E-state index contributed by atoms with van der Waals surface area (Å²) in [6, 6.07) is 15.5. The molecule has 1 atom stereocenters. The Bertz CT molecular complexity index is 735. The number of amides is 1. The van der Waals surface area contributed by atoms with Crippen LogP contribution < -0.4 is 5.32 Å². The van der Waals surface area contributed by atoms with Crippen LogP contribution in [0.1, 0.15) is 18.9 Å². The van der Waals surface area contributed by atoms with Gasteiger partial charge in [0, 0.05) is 18.8 Å². The number of hydrogen-bond acceptors (Lipinski definition) is 2. The van der Waals surface area contributed by atoms with Crippen LogP contribution in [0.4, 0.5) is 5.69 Å². The predicted molar refractivity (Wildman–Crippen MR) is 99.8 cm³/mol. The van der Waals surface area contributed by atoms with E-state index in [2.05, 4.69) is 22.3 Å². The third kappa shape index (κ3) is 3.59. The molecule has 1 unspecified atom stereocenters. The van der Waals surface area contributed by atoms with E-state index in [1.54, 1.807) is 18.2 Å². The van der Waals surface area contributed by atoms with Gasteiger partial charge in [-0.1, -0.05) is 53.5 Å². The second-order valence-electron chi connectivity index (χ2n) is 6.33. The second kappa shape index (κ2) is 7.14. The molecule has 5 heteroatoms. The van der Waals surface area contributed by atoms with Crippen LogP contribution in [0.2, 0.25) is 10.0 Å². The van der Waals surface area contributed by atoms with E-state index in [0.29, 0.717) is 15.7 Å². The minimum atomic E-state index is -0.471. The number of nitrogens with zero attached hydrogens (tertiary/aromatic N) is 1. The molecule has 1 amide bonds. The molecule has 0 aromatic heterocycles. The molecule has 2 aromatic rings. The number of rotatable bonds is 5. The molecule has 2 aromatic carbocycles. The van der Waals surface area contributed by atoms with Gasteiger partial charge in [-0.05, 0) is 43.5 Å². The van der Waals surface area contributed by atoms with Crippen LogP contribution in [0, 0.1) is 0 Å². The van der Waals surface area contributed by atoms with Crippen LogP contribution in [0.3, 0.4) is 0 Å². The molecule has 3 nitrogen and oxygen atoms in total. The average molecular weight is 363 g/mol. The van der Waals surface area contributed by atoms with Crippen molar-refractivity contribution in [3.8, 4) is 0 Å². The summed E-state index contributed by atoms with van der Waals surface area (Å²) in [6.45, 7) is 3.81. The fraction of sp³-hybridized carbons (Fsp3) is 0.316. The number of likely N-dealkylation sites (tertiary alicyclic amines) is 1. The van der Waals surface area contributed by atoms with Crippen molar-refractivity contribution in [3.63, 3.8) is 0 Å². The largest absolute Gasteiger partial charge is 0.324 e.